The van der Waals surface area contributed by atoms with Crippen LogP contribution in [0.1, 0.15) is 31.4 Å². The van der Waals surface area contributed by atoms with E-state index in [0.29, 0.717) is 6.42 Å². The zero-order valence-electron chi connectivity index (χ0n) is 18.6. The second kappa shape index (κ2) is 12.0. The van der Waals surface area contributed by atoms with E-state index in [4.69, 9.17) is 5.73 Å². The first-order valence-electron chi connectivity index (χ1n) is 10.8. The number of aliphatic carboxylic acids is 1. The fraction of sp³-hybridized carbons (Fsp3) is 0.417. The molecular weight excluding hydrogens is 427 g/mol. The fourth-order valence-corrected chi connectivity index (χ4v) is 5.34. The molecule has 2 aromatic rings. The molecule has 8 heteroatoms. The Balaban J connectivity index is 2.11. The van der Waals surface area contributed by atoms with E-state index < -0.39 is 37.0 Å². The standard InChI is InChI=1S/C24H33N2O5P/c1-17(2)13-20(16-32(30,31)22(25)15-19-11-7-4-8-12-19)23(27)26-21(24(28)29)14-18-9-5-3-6-10-18/h3-12,17,20-22H,13-16,25H2,1-2H3,(H,26,27)(H,28,29)(H,30,31)/t20-,21-,22-/m0/s1. The Morgan fingerprint density at radius 2 is 1.47 bits per heavy atom. The number of hydrogen-bond acceptors (Lipinski definition) is 4. The third-order valence-corrected chi connectivity index (χ3v) is 7.49. The monoisotopic (exact) mass is 460 g/mol. The van der Waals surface area contributed by atoms with E-state index in [1.165, 1.54) is 0 Å². The van der Waals surface area contributed by atoms with Gasteiger partial charge in [0.05, 0.1) is 5.78 Å². The van der Waals surface area contributed by atoms with Crippen LogP contribution in [-0.2, 0) is 27.0 Å². The summed E-state index contributed by atoms with van der Waals surface area (Å²) in [7, 11) is -3.88. The molecule has 1 unspecified atom stereocenters. The Labute approximate surface area is 189 Å². The van der Waals surface area contributed by atoms with Crippen molar-refractivity contribution in [2.24, 2.45) is 17.6 Å². The second-order valence-corrected chi connectivity index (χ2v) is 11.2. The molecule has 0 heterocycles. The molecule has 4 atom stereocenters. The molecule has 5 N–H and O–H groups in total. The van der Waals surface area contributed by atoms with Crippen molar-refractivity contribution >= 4 is 19.2 Å². The van der Waals surface area contributed by atoms with Crippen molar-refractivity contribution < 1.29 is 24.2 Å². The van der Waals surface area contributed by atoms with Crippen molar-refractivity contribution in [2.75, 3.05) is 6.16 Å². The van der Waals surface area contributed by atoms with Gasteiger partial charge in [-0.15, -0.1) is 0 Å². The zero-order valence-corrected chi connectivity index (χ0v) is 19.4. The van der Waals surface area contributed by atoms with Gasteiger partial charge < -0.3 is 21.1 Å². The van der Waals surface area contributed by atoms with Crippen molar-refractivity contribution in [1.82, 2.24) is 5.32 Å². The van der Waals surface area contributed by atoms with Crippen LogP contribution in [0.3, 0.4) is 0 Å². The quantitative estimate of drug-likeness (QED) is 0.360. The third kappa shape index (κ3) is 8.23. The number of rotatable bonds is 12. The predicted octanol–water partition coefficient (Wildman–Crippen LogP) is 3.26. The summed E-state index contributed by atoms with van der Waals surface area (Å²) < 4.78 is 13.1. The summed E-state index contributed by atoms with van der Waals surface area (Å²) in [5.41, 5.74) is 7.69. The molecule has 2 rings (SSSR count). The molecule has 0 aliphatic heterocycles. The summed E-state index contributed by atoms with van der Waals surface area (Å²) in [5, 5.41) is 12.2. The Hall–Kier alpha value is -2.47. The number of carboxylic acids is 1. The van der Waals surface area contributed by atoms with Crippen LogP contribution in [0.15, 0.2) is 60.7 Å². The molecule has 0 aromatic heterocycles. The first kappa shape index (κ1) is 25.8. The maximum atomic E-state index is 13.1. The highest BCUT2D eigenvalue weighted by molar-refractivity contribution is 7.58. The van der Waals surface area contributed by atoms with E-state index in [0.717, 1.165) is 11.1 Å². The van der Waals surface area contributed by atoms with E-state index >= 15 is 0 Å². The van der Waals surface area contributed by atoms with Gasteiger partial charge in [-0.3, -0.25) is 9.36 Å². The van der Waals surface area contributed by atoms with E-state index in [9.17, 15) is 24.2 Å². The van der Waals surface area contributed by atoms with E-state index in [-0.39, 0.29) is 24.9 Å². The van der Waals surface area contributed by atoms with Crippen LogP contribution in [0, 0.1) is 11.8 Å². The Morgan fingerprint density at radius 1 is 0.969 bits per heavy atom. The van der Waals surface area contributed by atoms with Gasteiger partial charge in [-0.25, -0.2) is 4.79 Å². The number of amides is 1. The second-order valence-electron chi connectivity index (χ2n) is 8.61. The minimum Gasteiger partial charge on any atom is -0.480 e. The predicted molar refractivity (Wildman–Crippen MR) is 125 cm³/mol. The number of carbonyl (C=O) groups excluding carboxylic acids is 1. The van der Waals surface area contributed by atoms with Crippen molar-refractivity contribution in [3.05, 3.63) is 71.8 Å². The number of carbonyl (C=O) groups is 2. The minimum atomic E-state index is -3.88. The van der Waals surface area contributed by atoms with Crippen LogP contribution in [0.2, 0.25) is 0 Å². The normalized spacial score (nSPS) is 16.0. The summed E-state index contributed by atoms with van der Waals surface area (Å²) in [6.07, 6.45) is 0.409. The molecule has 0 aliphatic rings. The fourth-order valence-electron chi connectivity index (χ4n) is 3.62. The van der Waals surface area contributed by atoms with Crippen molar-refractivity contribution in [2.45, 2.75) is 44.9 Å². The van der Waals surface area contributed by atoms with E-state index in [1.54, 1.807) is 24.3 Å². The minimum absolute atomic E-state index is 0.0773. The van der Waals surface area contributed by atoms with Crippen molar-refractivity contribution in [1.29, 1.82) is 0 Å². The van der Waals surface area contributed by atoms with Gasteiger partial charge in [-0.05, 0) is 29.9 Å². The summed E-state index contributed by atoms with van der Waals surface area (Å²) in [6, 6.07) is 17.1. The molecular formula is C24H33N2O5P. The average molecular weight is 461 g/mol. The number of nitrogens with one attached hydrogen (secondary N) is 1. The molecule has 0 radical (unpaired) electrons. The molecule has 0 saturated heterocycles. The van der Waals surface area contributed by atoms with E-state index in [1.807, 2.05) is 50.2 Å². The highest BCUT2D eigenvalue weighted by Crippen LogP contribution is 2.47. The highest BCUT2D eigenvalue weighted by Gasteiger charge is 2.35. The van der Waals surface area contributed by atoms with Crippen LogP contribution >= 0.6 is 7.37 Å². The number of benzene rings is 2. The Kier molecular flexibility index (Phi) is 9.63. The number of hydrogen-bond donors (Lipinski definition) is 4. The molecule has 7 nitrogen and oxygen atoms in total. The molecule has 32 heavy (non-hydrogen) atoms. The van der Waals surface area contributed by atoms with Gasteiger partial charge in [0.25, 0.3) is 0 Å². The van der Waals surface area contributed by atoms with Gasteiger partial charge in [0.1, 0.15) is 6.04 Å². The van der Waals surface area contributed by atoms with Crippen LogP contribution in [0.4, 0.5) is 0 Å². The first-order valence-corrected chi connectivity index (χ1v) is 12.7. The van der Waals surface area contributed by atoms with Gasteiger partial charge in [0.2, 0.25) is 13.3 Å². The van der Waals surface area contributed by atoms with Gasteiger partial charge in [0.15, 0.2) is 0 Å². The SMILES string of the molecule is CC(C)C[C@@H](CP(=O)(O)[C@H](N)Cc1ccccc1)C(=O)N[C@@H](Cc1ccccc1)C(=O)O. The van der Waals surface area contributed by atoms with Crippen LogP contribution in [0.25, 0.3) is 0 Å². The van der Waals surface area contributed by atoms with Gasteiger partial charge >= 0.3 is 5.97 Å². The van der Waals surface area contributed by atoms with Crippen LogP contribution in [0.5, 0.6) is 0 Å². The molecule has 174 valence electrons. The maximum Gasteiger partial charge on any atom is 0.326 e. The molecule has 0 spiro atoms. The lowest BCUT2D eigenvalue weighted by Gasteiger charge is -2.26. The first-order chi connectivity index (χ1) is 15.1. The molecule has 0 aliphatic carbocycles. The lowest BCUT2D eigenvalue weighted by Crippen LogP contribution is -2.46. The van der Waals surface area contributed by atoms with Gasteiger partial charge in [-0.2, -0.15) is 0 Å². The summed E-state index contributed by atoms with van der Waals surface area (Å²) in [4.78, 5) is 35.4. The molecule has 2 aromatic carbocycles. The molecule has 0 bridgehead atoms. The smallest absolute Gasteiger partial charge is 0.326 e. The zero-order chi connectivity index (χ0) is 23.7. The van der Waals surface area contributed by atoms with Crippen LogP contribution < -0.4 is 11.1 Å². The summed E-state index contributed by atoms with van der Waals surface area (Å²) in [6.45, 7) is 3.82. The number of nitrogens with two attached hydrogens (primary N) is 1. The molecule has 0 fully saturated rings. The Bertz CT molecular complexity index is 921. The summed E-state index contributed by atoms with van der Waals surface area (Å²) in [5.74, 6) is -3.44. The van der Waals surface area contributed by atoms with E-state index in [2.05, 4.69) is 5.32 Å². The van der Waals surface area contributed by atoms with Gasteiger partial charge in [-0.1, -0.05) is 74.5 Å². The number of carboxylic acid groups (broad SMARTS) is 1. The largest absolute Gasteiger partial charge is 0.480 e. The topological polar surface area (TPSA) is 130 Å². The van der Waals surface area contributed by atoms with Crippen molar-refractivity contribution in [3.63, 3.8) is 0 Å². The summed E-state index contributed by atoms with van der Waals surface area (Å²) >= 11 is 0. The van der Waals surface area contributed by atoms with Crippen molar-refractivity contribution in [3.8, 4) is 0 Å². The third-order valence-electron chi connectivity index (χ3n) is 5.31. The molecule has 1 amide bonds. The molecule has 0 saturated carbocycles. The maximum absolute atomic E-state index is 13.1. The van der Waals surface area contributed by atoms with Crippen LogP contribution in [-0.4, -0.2) is 39.9 Å². The average Bonchev–Trinajstić information content (AvgIpc) is 2.73. The lowest BCUT2D eigenvalue weighted by molar-refractivity contribution is -0.142. The Morgan fingerprint density at radius 3 is 1.94 bits per heavy atom. The van der Waals surface area contributed by atoms with Gasteiger partial charge in [0, 0.05) is 18.5 Å². The highest BCUT2D eigenvalue weighted by atomic mass is 31.2. The lowest BCUT2D eigenvalue weighted by atomic mass is 9.97.